The number of urea groups is 1. The van der Waals surface area contributed by atoms with Gasteiger partial charge in [-0.25, -0.2) is 4.79 Å². The Bertz CT molecular complexity index is 835. The van der Waals surface area contributed by atoms with Crippen molar-refractivity contribution in [2.45, 2.75) is 13.5 Å². The number of imide groups is 1. The van der Waals surface area contributed by atoms with E-state index in [1.54, 1.807) is 23.8 Å². The van der Waals surface area contributed by atoms with E-state index in [4.69, 9.17) is 4.74 Å². The maximum absolute atomic E-state index is 11.7. The molecule has 0 aliphatic carbocycles. The molecule has 0 saturated carbocycles. The number of carbonyl (C=O) groups excluding carboxylic acids is 3. The van der Waals surface area contributed by atoms with Gasteiger partial charge >= 0.3 is 12.0 Å². The van der Waals surface area contributed by atoms with E-state index in [0.717, 1.165) is 16.5 Å². The molecule has 0 unspecified atom stereocenters. The van der Waals surface area contributed by atoms with Crippen LogP contribution in [0.3, 0.4) is 0 Å². The lowest BCUT2D eigenvalue weighted by atomic mass is 10.1. The zero-order valence-electron chi connectivity index (χ0n) is 12.5. The van der Waals surface area contributed by atoms with E-state index in [2.05, 4.69) is 10.6 Å². The minimum Gasteiger partial charge on any atom is -0.465 e. The molecule has 23 heavy (non-hydrogen) atoms. The van der Waals surface area contributed by atoms with Gasteiger partial charge in [-0.1, -0.05) is 18.2 Å². The summed E-state index contributed by atoms with van der Waals surface area (Å²) in [7, 11) is 0. The number of hydrogen-bond donors (Lipinski definition) is 2. The summed E-state index contributed by atoms with van der Waals surface area (Å²) in [4.78, 5) is 34.6. The molecule has 2 heterocycles. The average molecular weight is 313 g/mol. The fraction of sp³-hybridized carbons (Fsp3) is 0.188. The third-order valence-electron chi connectivity index (χ3n) is 3.44. The van der Waals surface area contributed by atoms with Gasteiger partial charge in [-0.05, 0) is 19.1 Å². The van der Waals surface area contributed by atoms with E-state index >= 15 is 0 Å². The Labute approximate surface area is 131 Å². The number of hydrogen-bond acceptors (Lipinski definition) is 4. The van der Waals surface area contributed by atoms with Crippen LogP contribution in [0, 0.1) is 0 Å². The van der Waals surface area contributed by atoms with Gasteiger partial charge in [0.1, 0.15) is 12.2 Å². The summed E-state index contributed by atoms with van der Waals surface area (Å²) in [6.45, 7) is 2.15. The SMILES string of the molecule is CCOC(=O)Cn1cc(/C=C2/NC(=O)NC2=O)c2ccccc21. The van der Waals surface area contributed by atoms with E-state index in [0.29, 0.717) is 6.61 Å². The van der Waals surface area contributed by atoms with Crippen molar-refractivity contribution in [3.05, 3.63) is 41.7 Å². The van der Waals surface area contributed by atoms with Crippen molar-refractivity contribution in [2.24, 2.45) is 0 Å². The van der Waals surface area contributed by atoms with E-state index in [1.165, 1.54) is 0 Å². The molecule has 0 bridgehead atoms. The lowest BCUT2D eigenvalue weighted by Crippen LogP contribution is -2.22. The first-order valence-corrected chi connectivity index (χ1v) is 7.16. The third kappa shape index (κ3) is 2.94. The highest BCUT2D eigenvalue weighted by Crippen LogP contribution is 2.23. The van der Waals surface area contributed by atoms with Gasteiger partial charge in [-0.2, -0.15) is 0 Å². The Hall–Kier alpha value is -3.09. The number of para-hydroxylation sites is 1. The number of rotatable bonds is 4. The van der Waals surface area contributed by atoms with Crippen LogP contribution in [0.15, 0.2) is 36.2 Å². The number of nitrogens with one attached hydrogen (secondary N) is 2. The molecule has 1 saturated heterocycles. The Morgan fingerprint density at radius 2 is 2.04 bits per heavy atom. The zero-order chi connectivity index (χ0) is 16.4. The standard InChI is InChI=1S/C16H15N3O4/c1-2-23-14(20)9-19-8-10(11-5-3-4-6-13(11)19)7-12-15(21)18-16(22)17-12/h3-8H,2,9H2,1H3,(H2,17,18,21,22)/b12-7+. The van der Waals surface area contributed by atoms with Crippen LogP contribution in [0.1, 0.15) is 12.5 Å². The molecule has 1 aliphatic rings. The first-order chi connectivity index (χ1) is 11.1. The predicted molar refractivity (Wildman–Crippen MR) is 83.2 cm³/mol. The smallest absolute Gasteiger partial charge is 0.326 e. The summed E-state index contributed by atoms with van der Waals surface area (Å²) in [5.41, 5.74) is 1.75. The highest BCUT2D eigenvalue weighted by molar-refractivity contribution is 6.14. The van der Waals surface area contributed by atoms with Crippen molar-refractivity contribution in [1.29, 1.82) is 0 Å². The molecule has 1 fully saturated rings. The van der Waals surface area contributed by atoms with E-state index in [9.17, 15) is 14.4 Å². The maximum atomic E-state index is 11.7. The van der Waals surface area contributed by atoms with E-state index in [-0.39, 0.29) is 18.2 Å². The summed E-state index contributed by atoms with van der Waals surface area (Å²) in [6, 6.07) is 6.95. The molecule has 118 valence electrons. The fourth-order valence-electron chi connectivity index (χ4n) is 2.50. The second-order valence-corrected chi connectivity index (χ2v) is 5.00. The van der Waals surface area contributed by atoms with Crippen LogP contribution in [-0.4, -0.2) is 29.1 Å². The van der Waals surface area contributed by atoms with Crippen molar-refractivity contribution >= 4 is 34.9 Å². The molecule has 1 aromatic heterocycles. The first kappa shape index (κ1) is 14.8. The number of aromatic nitrogens is 1. The number of amides is 3. The number of carbonyl (C=O) groups is 3. The van der Waals surface area contributed by atoms with E-state index < -0.39 is 11.9 Å². The number of esters is 1. The Kier molecular flexibility index (Phi) is 3.84. The van der Waals surface area contributed by atoms with Gasteiger partial charge in [0.25, 0.3) is 5.91 Å². The second kappa shape index (κ2) is 5.96. The average Bonchev–Trinajstić information content (AvgIpc) is 3.01. The van der Waals surface area contributed by atoms with E-state index in [1.807, 2.05) is 24.3 Å². The molecular formula is C16H15N3O4. The maximum Gasteiger partial charge on any atom is 0.326 e. The van der Waals surface area contributed by atoms with Crippen LogP contribution >= 0.6 is 0 Å². The van der Waals surface area contributed by atoms with Crippen LogP contribution in [0.5, 0.6) is 0 Å². The lowest BCUT2D eigenvalue weighted by Gasteiger charge is -2.04. The molecule has 2 aromatic rings. The van der Waals surface area contributed by atoms with Crippen LogP contribution in [0.25, 0.3) is 17.0 Å². The normalized spacial score (nSPS) is 15.8. The highest BCUT2D eigenvalue weighted by atomic mass is 16.5. The quantitative estimate of drug-likeness (QED) is 0.507. The van der Waals surface area contributed by atoms with Gasteiger partial charge in [-0.15, -0.1) is 0 Å². The number of benzene rings is 1. The van der Waals surface area contributed by atoms with Crippen LogP contribution in [-0.2, 0) is 20.9 Å². The molecule has 1 aromatic carbocycles. The van der Waals surface area contributed by atoms with Crippen molar-refractivity contribution in [2.75, 3.05) is 6.61 Å². The summed E-state index contributed by atoms with van der Waals surface area (Å²) < 4.78 is 6.73. The Morgan fingerprint density at radius 3 is 2.74 bits per heavy atom. The fourth-order valence-corrected chi connectivity index (χ4v) is 2.50. The number of ether oxygens (including phenoxy) is 1. The first-order valence-electron chi connectivity index (χ1n) is 7.16. The van der Waals surface area contributed by atoms with Gasteiger partial charge in [0.15, 0.2) is 0 Å². The molecular weight excluding hydrogens is 298 g/mol. The van der Waals surface area contributed by atoms with Gasteiger partial charge < -0.3 is 14.6 Å². The highest BCUT2D eigenvalue weighted by Gasteiger charge is 2.23. The molecule has 2 N–H and O–H groups in total. The lowest BCUT2D eigenvalue weighted by molar-refractivity contribution is -0.143. The minimum atomic E-state index is -0.545. The van der Waals surface area contributed by atoms with Crippen molar-refractivity contribution in [3.63, 3.8) is 0 Å². The molecule has 0 atom stereocenters. The molecule has 3 amide bonds. The van der Waals surface area contributed by atoms with Gasteiger partial charge in [0, 0.05) is 22.7 Å². The van der Waals surface area contributed by atoms with Gasteiger partial charge in [-0.3, -0.25) is 14.9 Å². The van der Waals surface area contributed by atoms with Gasteiger partial charge in [0.05, 0.1) is 6.61 Å². The van der Waals surface area contributed by atoms with Crippen molar-refractivity contribution in [1.82, 2.24) is 15.2 Å². The van der Waals surface area contributed by atoms with Crippen molar-refractivity contribution < 1.29 is 19.1 Å². The number of fused-ring (bicyclic) bond motifs is 1. The zero-order valence-corrected chi connectivity index (χ0v) is 12.5. The third-order valence-corrected chi connectivity index (χ3v) is 3.44. The Morgan fingerprint density at radius 1 is 1.26 bits per heavy atom. The molecule has 0 radical (unpaired) electrons. The molecule has 3 rings (SSSR count). The monoisotopic (exact) mass is 313 g/mol. The topological polar surface area (TPSA) is 89.4 Å². The number of nitrogens with zero attached hydrogens (tertiary/aromatic N) is 1. The Balaban J connectivity index is 2.01. The molecule has 0 spiro atoms. The minimum absolute atomic E-state index is 0.0794. The van der Waals surface area contributed by atoms with Crippen LogP contribution in [0.2, 0.25) is 0 Å². The second-order valence-electron chi connectivity index (χ2n) is 5.00. The molecule has 7 nitrogen and oxygen atoms in total. The molecule has 7 heteroatoms. The largest absolute Gasteiger partial charge is 0.465 e. The van der Waals surface area contributed by atoms with Crippen LogP contribution in [0.4, 0.5) is 4.79 Å². The summed E-state index contributed by atoms with van der Waals surface area (Å²) in [5.74, 6) is -0.809. The van der Waals surface area contributed by atoms with Gasteiger partial charge in [0.2, 0.25) is 0 Å². The predicted octanol–water partition coefficient (Wildman–Crippen LogP) is 1.38. The van der Waals surface area contributed by atoms with Crippen molar-refractivity contribution in [3.8, 4) is 0 Å². The summed E-state index contributed by atoms with van der Waals surface area (Å²) in [6.07, 6.45) is 3.34. The molecule has 1 aliphatic heterocycles. The van der Waals surface area contributed by atoms with Crippen LogP contribution < -0.4 is 10.6 Å². The summed E-state index contributed by atoms with van der Waals surface area (Å²) in [5, 5.41) is 5.47. The summed E-state index contributed by atoms with van der Waals surface area (Å²) >= 11 is 0.